The molecular weight excluding hydrogens is 287 g/mol. The van der Waals surface area contributed by atoms with E-state index in [2.05, 4.69) is 12.2 Å². The Morgan fingerprint density at radius 2 is 2.10 bits per heavy atom. The van der Waals surface area contributed by atoms with E-state index in [1.54, 1.807) is 12.1 Å². The number of nitrogens with one attached hydrogen (secondary N) is 1. The summed E-state index contributed by atoms with van der Waals surface area (Å²) in [6.45, 7) is 2.22. The van der Waals surface area contributed by atoms with E-state index >= 15 is 0 Å². The number of amides is 1. The van der Waals surface area contributed by atoms with E-state index in [9.17, 15) is 9.18 Å². The highest BCUT2D eigenvalue weighted by Crippen LogP contribution is 2.38. The fourth-order valence-electron chi connectivity index (χ4n) is 2.75. The van der Waals surface area contributed by atoms with Gasteiger partial charge in [0.05, 0.1) is 10.6 Å². The average molecular weight is 304 g/mol. The molecule has 5 heteroatoms. The third-order valence-corrected chi connectivity index (χ3v) is 4.95. The van der Waals surface area contributed by atoms with Crippen LogP contribution in [0.25, 0.3) is 0 Å². The maximum Gasteiger partial charge on any atom is 0.258 e. The molecule has 1 unspecified atom stereocenters. The highest BCUT2D eigenvalue weighted by atomic mass is 32.1. The first-order valence-corrected chi connectivity index (χ1v) is 7.83. The summed E-state index contributed by atoms with van der Waals surface area (Å²) in [6, 6.07) is 5.74. The molecule has 1 aliphatic carbocycles. The van der Waals surface area contributed by atoms with Crippen LogP contribution in [0.2, 0.25) is 0 Å². The molecule has 3 rings (SSSR count). The Morgan fingerprint density at radius 1 is 1.38 bits per heavy atom. The van der Waals surface area contributed by atoms with Crippen molar-refractivity contribution in [1.29, 1.82) is 0 Å². The minimum atomic E-state index is -0.325. The van der Waals surface area contributed by atoms with Crippen LogP contribution in [0.3, 0.4) is 0 Å². The second-order valence-electron chi connectivity index (χ2n) is 5.55. The first-order valence-electron chi connectivity index (χ1n) is 7.01. The Labute approximate surface area is 127 Å². The van der Waals surface area contributed by atoms with Gasteiger partial charge in [-0.05, 0) is 55.0 Å². The summed E-state index contributed by atoms with van der Waals surface area (Å²) >= 11 is 1.52. The smallest absolute Gasteiger partial charge is 0.258 e. The number of halogens is 1. The zero-order chi connectivity index (χ0) is 15.0. The van der Waals surface area contributed by atoms with Crippen molar-refractivity contribution < 1.29 is 9.18 Å². The number of rotatable bonds is 2. The predicted octanol–water partition coefficient (Wildman–Crippen LogP) is 3.85. The van der Waals surface area contributed by atoms with Crippen molar-refractivity contribution >= 4 is 27.9 Å². The van der Waals surface area contributed by atoms with Crippen molar-refractivity contribution in [1.82, 2.24) is 0 Å². The number of carbonyl (C=O) groups excluding carboxylic acids is 1. The molecule has 3 nitrogen and oxygen atoms in total. The number of nitrogen functional groups attached to an aromatic ring is 1. The molecule has 3 N–H and O–H groups in total. The van der Waals surface area contributed by atoms with E-state index in [1.165, 1.54) is 28.3 Å². The Balaban J connectivity index is 1.86. The van der Waals surface area contributed by atoms with Gasteiger partial charge in [0.25, 0.3) is 5.91 Å². The highest BCUT2D eigenvalue weighted by Gasteiger charge is 2.26. The van der Waals surface area contributed by atoms with Gasteiger partial charge in [-0.3, -0.25) is 4.79 Å². The van der Waals surface area contributed by atoms with Gasteiger partial charge in [0.15, 0.2) is 0 Å². The summed E-state index contributed by atoms with van der Waals surface area (Å²) in [7, 11) is 0. The van der Waals surface area contributed by atoms with Crippen LogP contribution in [0.15, 0.2) is 24.3 Å². The van der Waals surface area contributed by atoms with Crippen molar-refractivity contribution in [2.45, 2.75) is 26.2 Å². The summed E-state index contributed by atoms with van der Waals surface area (Å²) in [5.41, 5.74) is 8.31. The molecule has 21 heavy (non-hydrogen) atoms. The number of benzene rings is 1. The van der Waals surface area contributed by atoms with Crippen LogP contribution in [0.5, 0.6) is 0 Å². The van der Waals surface area contributed by atoms with Gasteiger partial charge >= 0.3 is 0 Å². The summed E-state index contributed by atoms with van der Waals surface area (Å²) in [5, 5.41) is 3.37. The minimum Gasteiger partial charge on any atom is -0.390 e. The van der Waals surface area contributed by atoms with E-state index in [0.717, 1.165) is 24.8 Å². The molecule has 2 aromatic rings. The first-order chi connectivity index (χ1) is 10.0. The van der Waals surface area contributed by atoms with E-state index in [0.29, 0.717) is 22.2 Å². The van der Waals surface area contributed by atoms with Gasteiger partial charge in [0.2, 0.25) is 0 Å². The lowest BCUT2D eigenvalue weighted by atomic mass is 9.88. The maximum atomic E-state index is 12.9. The molecular formula is C16H17FN2OS. The van der Waals surface area contributed by atoms with Crippen LogP contribution in [0, 0.1) is 11.7 Å². The molecule has 0 spiro atoms. The molecule has 110 valence electrons. The second kappa shape index (κ2) is 5.48. The lowest BCUT2D eigenvalue weighted by Crippen LogP contribution is -2.17. The molecule has 0 saturated heterocycles. The fraction of sp³-hybridized carbons (Fsp3) is 0.312. The van der Waals surface area contributed by atoms with Gasteiger partial charge in [0, 0.05) is 10.6 Å². The topological polar surface area (TPSA) is 55.1 Å². The molecule has 0 aliphatic heterocycles. The SMILES string of the molecule is CC1CCc2c(sc(N)c2C(=O)Nc2ccc(F)cc2)C1. The molecule has 0 fully saturated rings. The van der Waals surface area contributed by atoms with Crippen molar-refractivity contribution in [3.8, 4) is 0 Å². The summed E-state index contributed by atoms with van der Waals surface area (Å²) < 4.78 is 12.9. The number of hydrogen-bond donors (Lipinski definition) is 2. The van der Waals surface area contributed by atoms with Gasteiger partial charge in [-0.2, -0.15) is 0 Å². The normalized spacial score (nSPS) is 17.3. The zero-order valence-electron chi connectivity index (χ0n) is 11.8. The first kappa shape index (κ1) is 14.1. The number of hydrogen-bond acceptors (Lipinski definition) is 3. The quantitative estimate of drug-likeness (QED) is 0.885. The highest BCUT2D eigenvalue weighted by molar-refractivity contribution is 7.16. The van der Waals surface area contributed by atoms with Gasteiger partial charge in [-0.15, -0.1) is 11.3 Å². The molecule has 1 heterocycles. The number of thiophene rings is 1. The Hall–Kier alpha value is -1.88. The van der Waals surface area contributed by atoms with Crippen LogP contribution in [0.1, 0.15) is 34.1 Å². The lowest BCUT2D eigenvalue weighted by Gasteiger charge is -2.18. The molecule has 1 aliphatic rings. The minimum absolute atomic E-state index is 0.203. The lowest BCUT2D eigenvalue weighted by molar-refractivity contribution is 0.102. The van der Waals surface area contributed by atoms with Gasteiger partial charge in [0.1, 0.15) is 5.82 Å². The monoisotopic (exact) mass is 304 g/mol. The number of fused-ring (bicyclic) bond motifs is 1. The van der Waals surface area contributed by atoms with Crippen LogP contribution in [-0.2, 0) is 12.8 Å². The van der Waals surface area contributed by atoms with Crippen molar-refractivity contribution in [2.75, 3.05) is 11.1 Å². The predicted molar refractivity (Wildman–Crippen MR) is 84.3 cm³/mol. The third kappa shape index (κ3) is 2.78. The second-order valence-corrected chi connectivity index (χ2v) is 6.69. The molecule has 1 amide bonds. The van der Waals surface area contributed by atoms with Gasteiger partial charge in [-0.25, -0.2) is 4.39 Å². The van der Waals surface area contributed by atoms with Crippen LogP contribution in [-0.4, -0.2) is 5.91 Å². The van der Waals surface area contributed by atoms with Crippen LogP contribution < -0.4 is 11.1 Å². The number of carbonyl (C=O) groups is 1. The molecule has 1 atom stereocenters. The maximum absolute atomic E-state index is 12.9. The molecule has 0 bridgehead atoms. The van der Waals surface area contributed by atoms with Crippen molar-refractivity contribution in [3.63, 3.8) is 0 Å². The Bertz CT molecular complexity index is 678. The fourth-order valence-corrected chi connectivity index (χ4v) is 4.03. The standard InChI is InChI=1S/C16H17FN2OS/c1-9-2-7-12-13(8-9)21-15(18)14(12)16(20)19-11-5-3-10(17)4-6-11/h3-6,9H,2,7-8,18H2,1H3,(H,19,20). The average Bonchev–Trinajstić information content (AvgIpc) is 2.76. The third-order valence-electron chi connectivity index (χ3n) is 3.87. The van der Waals surface area contributed by atoms with Crippen molar-refractivity contribution in [2.24, 2.45) is 5.92 Å². The molecule has 0 radical (unpaired) electrons. The molecule has 0 saturated carbocycles. The summed E-state index contributed by atoms with van der Waals surface area (Å²) in [4.78, 5) is 13.7. The zero-order valence-corrected chi connectivity index (χ0v) is 12.6. The molecule has 1 aromatic carbocycles. The van der Waals surface area contributed by atoms with E-state index in [-0.39, 0.29) is 11.7 Å². The van der Waals surface area contributed by atoms with E-state index < -0.39 is 0 Å². The Morgan fingerprint density at radius 3 is 2.81 bits per heavy atom. The number of anilines is 2. The number of nitrogens with two attached hydrogens (primary N) is 1. The van der Waals surface area contributed by atoms with Gasteiger partial charge < -0.3 is 11.1 Å². The van der Waals surface area contributed by atoms with Crippen LogP contribution in [0.4, 0.5) is 15.1 Å². The summed E-state index contributed by atoms with van der Waals surface area (Å²) in [5.74, 6) is 0.115. The van der Waals surface area contributed by atoms with E-state index in [4.69, 9.17) is 5.73 Å². The van der Waals surface area contributed by atoms with Gasteiger partial charge in [-0.1, -0.05) is 6.92 Å². The molecule has 1 aromatic heterocycles. The van der Waals surface area contributed by atoms with E-state index in [1.807, 2.05) is 0 Å². The Kier molecular flexibility index (Phi) is 3.68. The summed E-state index contributed by atoms with van der Waals surface area (Å²) in [6.07, 6.45) is 2.98. The van der Waals surface area contributed by atoms with Crippen molar-refractivity contribution in [3.05, 3.63) is 46.1 Å². The van der Waals surface area contributed by atoms with Crippen LogP contribution >= 0.6 is 11.3 Å². The largest absolute Gasteiger partial charge is 0.390 e.